The third kappa shape index (κ3) is 10.7. The van der Waals surface area contributed by atoms with Gasteiger partial charge in [0.05, 0.1) is 41.7 Å². The second-order valence-corrected chi connectivity index (χ2v) is 18.4. The summed E-state index contributed by atoms with van der Waals surface area (Å²) in [6.07, 6.45) is 5.56. The first-order valence-electron chi connectivity index (χ1n) is 20.8. The van der Waals surface area contributed by atoms with E-state index in [1.807, 2.05) is 30.3 Å². The molecular weight excluding hydrogens is 911 g/mol. The van der Waals surface area contributed by atoms with Crippen LogP contribution in [-0.2, 0) is 34.0 Å². The zero-order valence-electron chi connectivity index (χ0n) is 35.5. The van der Waals surface area contributed by atoms with E-state index in [-0.39, 0.29) is 79.3 Å². The number of thiazole rings is 1. The third-order valence-corrected chi connectivity index (χ3v) is 12.7. The molecule has 21 nitrogen and oxygen atoms in total. The normalized spacial score (nSPS) is 17.6. The molecule has 8 rings (SSSR count). The van der Waals surface area contributed by atoms with Gasteiger partial charge in [0.1, 0.15) is 18.4 Å². The largest absolute Gasteiger partial charge is 0.483 e. The Balaban J connectivity index is 0.742. The minimum atomic E-state index is -3.55. The van der Waals surface area contributed by atoms with Crippen molar-refractivity contribution in [1.82, 2.24) is 40.1 Å². The lowest BCUT2D eigenvalue weighted by Gasteiger charge is -2.27. The van der Waals surface area contributed by atoms with Gasteiger partial charge in [-0.05, 0) is 60.2 Å². The molecule has 0 spiro atoms. The van der Waals surface area contributed by atoms with Gasteiger partial charge in [0.25, 0.3) is 23.6 Å². The van der Waals surface area contributed by atoms with Crippen LogP contribution in [0.5, 0.6) is 11.6 Å². The molecule has 67 heavy (non-hydrogen) atoms. The number of carbonyl (C=O) groups is 8. The van der Waals surface area contributed by atoms with E-state index < -0.39 is 64.0 Å². The van der Waals surface area contributed by atoms with E-state index in [2.05, 4.69) is 36.6 Å². The molecule has 2 aliphatic heterocycles. The number of nitrogens with zero attached hydrogens (tertiary/aromatic N) is 4. The Hall–Kier alpha value is -7.79. The van der Waals surface area contributed by atoms with Crippen molar-refractivity contribution in [2.45, 2.75) is 25.3 Å². The fraction of sp³-hybridized carbons (Fsp3) is 0.273. The van der Waals surface area contributed by atoms with E-state index in [1.54, 1.807) is 17.6 Å². The van der Waals surface area contributed by atoms with Crippen molar-refractivity contribution in [3.63, 3.8) is 0 Å². The van der Waals surface area contributed by atoms with Crippen LogP contribution in [0.3, 0.4) is 0 Å². The molecule has 0 radical (unpaired) electrons. The topological polar surface area (TPSA) is 283 Å². The Kier molecular flexibility index (Phi) is 13.2. The Morgan fingerprint density at radius 2 is 1.70 bits per heavy atom. The van der Waals surface area contributed by atoms with E-state index >= 15 is 0 Å². The van der Waals surface area contributed by atoms with Gasteiger partial charge in [0, 0.05) is 54.5 Å². The summed E-state index contributed by atoms with van der Waals surface area (Å²) in [5.74, 6) is -4.52. The predicted molar refractivity (Wildman–Crippen MR) is 238 cm³/mol. The highest BCUT2D eigenvalue weighted by Gasteiger charge is 2.46. The van der Waals surface area contributed by atoms with E-state index in [1.165, 1.54) is 41.8 Å². The number of hydrogen-bond acceptors (Lipinski definition) is 15. The maximum absolute atomic E-state index is 13.3. The molecule has 5 heterocycles. The minimum absolute atomic E-state index is 0.00324. The molecule has 0 bridgehead atoms. The van der Waals surface area contributed by atoms with Gasteiger partial charge >= 0.3 is 0 Å². The summed E-state index contributed by atoms with van der Waals surface area (Å²) in [6, 6.07) is 15.7. The maximum atomic E-state index is 13.3. The molecule has 346 valence electrons. The second-order valence-electron chi connectivity index (χ2n) is 15.7. The van der Waals surface area contributed by atoms with E-state index in [9.17, 15) is 46.8 Å². The van der Waals surface area contributed by atoms with Crippen molar-refractivity contribution in [1.29, 1.82) is 0 Å². The first-order valence-corrected chi connectivity index (χ1v) is 23.5. The van der Waals surface area contributed by atoms with E-state index in [4.69, 9.17) is 9.47 Å². The zero-order valence-corrected chi connectivity index (χ0v) is 37.1. The summed E-state index contributed by atoms with van der Waals surface area (Å²) in [5, 5.41) is 14.9. The summed E-state index contributed by atoms with van der Waals surface area (Å²) < 4.78 is 35.7. The first kappa shape index (κ1) is 45.8. The number of carbonyl (C=O) groups excluding carboxylic acids is 8. The molecule has 3 atom stereocenters. The molecule has 8 amide bonds. The lowest BCUT2D eigenvalue weighted by atomic mass is 10.0. The van der Waals surface area contributed by atoms with Crippen molar-refractivity contribution in [3.05, 3.63) is 101 Å². The Morgan fingerprint density at radius 1 is 0.910 bits per heavy atom. The molecule has 23 heteroatoms. The van der Waals surface area contributed by atoms with Crippen molar-refractivity contribution in [3.8, 4) is 34.0 Å². The molecule has 2 aromatic carbocycles. The fourth-order valence-electron chi connectivity index (χ4n) is 7.43. The Labute approximate surface area is 385 Å². The number of amides is 8. The van der Waals surface area contributed by atoms with Crippen LogP contribution in [0.1, 0.15) is 50.3 Å². The van der Waals surface area contributed by atoms with Gasteiger partial charge < -0.3 is 30.7 Å². The number of rotatable bonds is 18. The lowest BCUT2D eigenvalue weighted by Crippen LogP contribution is -2.54. The minimum Gasteiger partial charge on any atom is -0.483 e. The summed E-state index contributed by atoms with van der Waals surface area (Å²) in [4.78, 5) is 110. The van der Waals surface area contributed by atoms with Gasteiger partial charge in [-0.15, -0.1) is 11.3 Å². The van der Waals surface area contributed by atoms with Crippen molar-refractivity contribution in [2.24, 2.45) is 11.8 Å². The van der Waals surface area contributed by atoms with E-state index in [0.29, 0.717) is 23.1 Å². The lowest BCUT2D eigenvalue weighted by molar-refractivity contribution is -0.136. The molecule has 5 N–H and O–H groups in total. The summed E-state index contributed by atoms with van der Waals surface area (Å²) in [6.45, 7) is -0.249. The van der Waals surface area contributed by atoms with Crippen LogP contribution >= 0.6 is 11.3 Å². The van der Waals surface area contributed by atoms with E-state index in [0.717, 1.165) is 38.0 Å². The first-order chi connectivity index (χ1) is 32.1. The number of anilines is 1. The second kappa shape index (κ2) is 19.4. The smallest absolute Gasteiger partial charge is 0.266 e. The molecule has 5 aromatic rings. The third-order valence-electron chi connectivity index (χ3n) is 11.0. The van der Waals surface area contributed by atoms with Gasteiger partial charge in [0.2, 0.25) is 39.5 Å². The predicted octanol–water partition coefficient (Wildman–Crippen LogP) is 1.58. The standard InChI is InChI=1S/C44H41N9O12S2/c1-67(62,63)52-14-11-27(21-52)39(57)48-20-35(55)51-44-49-31(23-66-44)26-5-2-4-24(16-26)25-10-12-45-37(18-25)64-15-13-46-40(58)30-17-28(30)19-47-36(56)22-65-33-7-3-6-29-38(33)43(61)53(42(29)60)32-8-9-34(54)50-41(32)59/h2-7,10-12,14,16,18,21,23,28,30,32H,8-9,13,15,17,19-20,22H2,1H3,(H,46,58)(H,47,56)(H,48,57)(H,49,51,55)(H,50,54,59). The number of imide groups is 2. The summed E-state index contributed by atoms with van der Waals surface area (Å²) in [7, 11) is -3.55. The maximum Gasteiger partial charge on any atom is 0.266 e. The van der Waals surface area contributed by atoms with Crippen LogP contribution in [0.4, 0.5) is 5.13 Å². The Bertz CT molecular complexity index is 2950. The fourth-order valence-corrected chi connectivity index (χ4v) is 8.75. The quantitative estimate of drug-likeness (QED) is 0.0616. The number of hydrogen-bond donors (Lipinski definition) is 5. The average molecular weight is 952 g/mol. The van der Waals surface area contributed by atoms with Crippen molar-refractivity contribution >= 4 is 73.7 Å². The average Bonchev–Trinajstić information content (AvgIpc) is 3.55. The summed E-state index contributed by atoms with van der Waals surface area (Å²) in [5.41, 5.74) is 3.09. The highest BCUT2D eigenvalue weighted by atomic mass is 32.2. The molecule has 1 aliphatic carbocycles. The number of ether oxygens (including phenoxy) is 2. The van der Waals surface area contributed by atoms with Gasteiger partial charge in [0.15, 0.2) is 11.7 Å². The molecule has 3 aromatic heterocycles. The van der Waals surface area contributed by atoms with Crippen LogP contribution in [-0.4, -0.2) is 120 Å². The molecule has 1 saturated heterocycles. The molecular formula is C44H41N9O12S2. The van der Waals surface area contributed by atoms with Crippen molar-refractivity contribution < 1.29 is 56.2 Å². The number of aromatic nitrogens is 3. The van der Waals surface area contributed by atoms with Crippen LogP contribution < -0.4 is 36.1 Å². The van der Waals surface area contributed by atoms with Crippen molar-refractivity contribution in [2.75, 3.05) is 44.4 Å². The van der Waals surface area contributed by atoms with Crippen LogP contribution in [0, 0.1) is 11.8 Å². The monoisotopic (exact) mass is 951 g/mol. The zero-order chi connectivity index (χ0) is 47.4. The number of fused-ring (bicyclic) bond motifs is 1. The number of piperidine rings is 1. The number of pyridine rings is 1. The summed E-state index contributed by atoms with van der Waals surface area (Å²) >= 11 is 1.20. The Morgan fingerprint density at radius 3 is 2.49 bits per heavy atom. The van der Waals surface area contributed by atoms with Crippen LogP contribution in [0.15, 0.2) is 84.6 Å². The van der Waals surface area contributed by atoms with Gasteiger partial charge in [-0.2, -0.15) is 0 Å². The number of benzene rings is 2. The SMILES string of the molecule is CS(=O)(=O)n1ccc(C(=O)NCC(=O)Nc2nc(-c3cccc(-c4ccnc(OCCNC(=O)C5CC5CNC(=O)COc5cccc6c5C(=O)N(C5CCC(=O)NC5=O)C6=O)c4)c3)cs2)c1. The van der Waals surface area contributed by atoms with Gasteiger partial charge in [-0.1, -0.05) is 24.3 Å². The molecule has 3 unspecified atom stereocenters. The molecule has 1 saturated carbocycles. The molecule has 3 aliphatic rings. The highest BCUT2D eigenvalue weighted by Crippen LogP contribution is 2.38. The van der Waals surface area contributed by atoms with Gasteiger partial charge in [-0.3, -0.25) is 52.5 Å². The molecule has 2 fully saturated rings. The van der Waals surface area contributed by atoms with Crippen LogP contribution in [0.2, 0.25) is 0 Å². The number of nitrogens with one attached hydrogen (secondary N) is 5. The van der Waals surface area contributed by atoms with Gasteiger partial charge in [-0.25, -0.2) is 18.4 Å². The van der Waals surface area contributed by atoms with Crippen LogP contribution in [0.25, 0.3) is 22.4 Å². The highest BCUT2D eigenvalue weighted by molar-refractivity contribution is 7.89.